The van der Waals surface area contributed by atoms with Crippen LogP contribution in [-0.2, 0) is 11.3 Å². The Bertz CT molecular complexity index is 1010. The fraction of sp³-hybridized carbons (Fsp3) is 0.625. The SMILES string of the molecule is COC(=O)c1c(-c2cnn(CC34CC5CC(CC(C5)C3)C4)c2C)cnc2c1OCCN2. The minimum Gasteiger partial charge on any atom is -0.487 e. The maximum atomic E-state index is 12.7. The lowest BCUT2D eigenvalue weighted by atomic mass is 9.49. The third-order valence-electron chi connectivity index (χ3n) is 8.11. The van der Waals surface area contributed by atoms with Gasteiger partial charge in [-0.3, -0.25) is 4.68 Å². The van der Waals surface area contributed by atoms with Crippen LogP contribution < -0.4 is 10.1 Å². The maximum absolute atomic E-state index is 12.7. The topological polar surface area (TPSA) is 78.3 Å². The molecule has 0 aromatic carbocycles. The van der Waals surface area contributed by atoms with Crippen molar-refractivity contribution in [2.45, 2.75) is 52.0 Å². The fourth-order valence-electron chi connectivity index (χ4n) is 7.26. The molecule has 4 bridgehead atoms. The number of ether oxygens (including phenoxy) is 2. The van der Waals surface area contributed by atoms with Gasteiger partial charge in [0.15, 0.2) is 11.6 Å². The van der Waals surface area contributed by atoms with E-state index in [1.54, 1.807) is 6.20 Å². The van der Waals surface area contributed by atoms with E-state index in [1.165, 1.54) is 45.6 Å². The molecule has 0 unspecified atom stereocenters. The molecule has 7 nitrogen and oxygen atoms in total. The number of anilines is 1. The zero-order chi connectivity index (χ0) is 21.2. The second kappa shape index (κ2) is 6.97. The van der Waals surface area contributed by atoms with Crippen molar-refractivity contribution in [3.8, 4) is 16.9 Å². The molecule has 0 radical (unpaired) electrons. The van der Waals surface area contributed by atoms with E-state index in [1.807, 2.05) is 6.20 Å². The molecule has 7 heteroatoms. The third-order valence-corrected chi connectivity index (χ3v) is 8.11. The molecule has 7 rings (SSSR count). The van der Waals surface area contributed by atoms with Gasteiger partial charge >= 0.3 is 5.97 Å². The van der Waals surface area contributed by atoms with E-state index < -0.39 is 5.97 Å². The number of hydrogen-bond acceptors (Lipinski definition) is 6. The Balaban J connectivity index is 1.37. The van der Waals surface area contributed by atoms with Crippen molar-refractivity contribution in [1.82, 2.24) is 14.8 Å². The van der Waals surface area contributed by atoms with Gasteiger partial charge < -0.3 is 14.8 Å². The van der Waals surface area contributed by atoms with E-state index in [4.69, 9.17) is 14.6 Å². The molecule has 3 heterocycles. The Kier molecular flexibility index (Phi) is 4.30. The molecule has 4 saturated carbocycles. The van der Waals surface area contributed by atoms with Crippen LogP contribution in [0, 0.1) is 30.1 Å². The Morgan fingerprint density at radius 1 is 1.19 bits per heavy atom. The summed E-state index contributed by atoms with van der Waals surface area (Å²) in [5, 5.41) is 7.99. The largest absolute Gasteiger partial charge is 0.487 e. The smallest absolute Gasteiger partial charge is 0.342 e. The van der Waals surface area contributed by atoms with Crippen molar-refractivity contribution in [1.29, 1.82) is 0 Å². The highest BCUT2D eigenvalue weighted by atomic mass is 16.5. The first kappa shape index (κ1) is 19.1. The summed E-state index contributed by atoms with van der Waals surface area (Å²) in [6.07, 6.45) is 12.0. The number of methoxy groups -OCH3 is 1. The number of aromatic nitrogens is 3. The van der Waals surface area contributed by atoms with Gasteiger partial charge in [0.1, 0.15) is 12.2 Å². The van der Waals surface area contributed by atoms with Gasteiger partial charge in [0, 0.05) is 29.6 Å². The highest BCUT2D eigenvalue weighted by Crippen LogP contribution is 2.60. The van der Waals surface area contributed by atoms with Gasteiger partial charge in [-0.1, -0.05) is 0 Å². The summed E-state index contributed by atoms with van der Waals surface area (Å²) in [7, 11) is 1.40. The second-order valence-corrected chi connectivity index (χ2v) is 10.2. The predicted octanol–water partition coefficient (Wildman–Crippen LogP) is 4.06. The van der Waals surface area contributed by atoms with Crippen LogP contribution in [0.4, 0.5) is 5.82 Å². The summed E-state index contributed by atoms with van der Waals surface area (Å²) in [6, 6.07) is 0. The molecule has 0 saturated heterocycles. The van der Waals surface area contributed by atoms with Gasteiger partial charge in [-0.15, -0.1) is 0 Å². The Morgan fingerprint density at radius 3 is 2.58 bits per heavy atom. The Morgan fingerprint density at radius 2 is 1.90 bits per heavy atom. The van der Waals surface area contributed by atoms with Gasteiger partial charge in [0.05, 0.1) is 19.9 Å². The number of carbonyl (C=O) groups excluding carboxylic acids is 1. The van der Waals surface area contributed by atoms with E-state index in [2.05, 4.69) is 21.9 Å². The molecule has 0 amide bonds. The number of fused-ring (bicyclic) bond motifs is 1. The molecule has 4 aliphatic carbocycles. The van der Waals surface area contributed by atoms with Crippen LogP contribution in [0.2, 0.25) is 0 Å². The summed E-state index contributed by atoms with van der Waals surface area (Å²) >= 11 is 0. The van der Waals surface area contributed by atoms with Gasteiger partial charge in [-0.2, -0.15) is 5.10 Å². The minimum atomic E-state index is -0.411. The average molecular weight is 423 g/mol. The lowest BCUT2D eigenvalue weighted by Gasteiger charge is -2.56. The van der Waals surface area contributed by atoms with Crippen molar-refractivity contribution in [2.75, 3.05) is 25.6 Å². The van der Waals surface area contributed by atoms with E-state index >= 15 is 0 Å². The quantitative estimate of drug-likeness (QED) is 0.749. The lowest BCUT2D eigenvalue weighted by molar-refractivity contribution is -0.0638. The first-order valence-corrected chi connectivity index (χ1v) is 11.6. The number of nitrogens with zero attached hydrogens (tertiary/aromatic N) is 3. The van der Waals surface area contributed by atoms with Crippen LogP contribution in [0.25, 0.3) is 11.1 Å². The summed E-state index contributed by atoms with van der Waals surface area (Å²) < 4.78 is 13.1. The van der Waals surface area contributed by atoms with Crippen LogP contribution in [0.3, 0.4) is 0 Å². The molecular formula is C24H30N4O3. The maximum Gasteiger partial charge on any atom is 0.342 e. The van der Waals surface area contributed by atoms with Crippen LogP contribution in [-0.4, -0.2) is 41.0 Å². The van der Waals surface area contributed by atoms with Gasteiger partial charge in [-0.05, 0) is 68.6 Å². The van der Waals surface area contributed by atoms with Crippen molar-refractivity contribution in [3.63, 3.8) is 0 Å². The van der Waals surface area contributed by atoms with Gasteiger partial charge in [-0.25, -0.2) is 9.78 Å². The van der Waals surface area contributed by atoms with E-state index in [-0.39, 0.29) is 0 Å². The molecule has 2 aromatic heterocycles. The summed E-state index contributed by atoms with van der Waals surface area (Å²) in [5.41, 5.74) is 3.55. The van der Waals surface area contributed by atoms with Crippen LogP contribution >= 0.6 is 0 Å². The van der Waals surface area contributed by atoms with Gasteiger partial charge in [0.25, 0.3) is 0 Å². The van der Waals surface area contributed by atoms with Crippen molar-refractivity contribution in [2.24, 2.45) is 23.2 Å². The standard InChI is InChI=1S/C24H30N4O3/c1-14-18(19-11-26-22-21(31-4-3-25-22)20(19)23(29)30-2)12-27-28(14)13-24-8-15-5-16(9-24)7-17(6-15)10-24/h11-12,15-17H,3-10,13H2,1-2H3,(H,25,26). The summed E-state index contributed by atoms with van der Waals surface area (Å²) in [6.45, 7) is 4.24. The van der Waals surface area contributed by atoms with Gasteiger partial charge in [0.2, 0.25) is 0 Å². The van der Waals surface area contributed by atoms with Crippen molar-refractivity contribution in [3.05, 3.63) is 23.7 Å². The highest BCUT2D eigenvalue weighted by Gasteiger charge is 2.51. The fourth-order valence-corrected chi connectivity index (χ4v) is 7.26. The number of carbonyl (C=O) groups is 1. The lowest BCUT2D eigenvalue weighted by Crippen LogP contribution is -2.48. The molecule has 164 valence electrons. The van der Waals surface area contributed by atoms with Crippen molar-refractivity contribution >= 4 is 11.8 Å². The first-order chi connectivity index (χ1) is 15.0. The third kappa shape index (κ3) is 3.04. The molecule has 0 spiro atoms. The minimum absolute atomic E-state index is 0.398. The van der Waals surface area contributed by atoms with E-state index in [0.717, 1.165) is 41.1 Å². The monoisotopic (exact) mass is 422 g/mol. The summed E-state index contributed by atoms with van der Waals surface area (Å²) in [4.78, 5) is 17.2. The Labute approximate surface area is 182 Å². The molecule has 1 aliphatic heterocycles. The number of hydrogen-bond donors (Lipinski definition) is 1. The first-order valence-electron chi connectivity index (χ1n) is 11.6. The van der Waals surface area contributed by atoms with Crippen LogP contribution in [0.5, 0.6) is 5.75 Å². The van der Waals surface area contributed by atoms with Crippen molar-refractivity contribution < 1.29 is 14.3 Å². The zero-order valence-electron chi connectivity index (χ0n) is 18.3. The number of pyridine rings is 1. The summed E-state index contributed by atoms with van der Waals surface area (Å²) in [5.74, 6) is 3.41. The normalized spacial score (nSPS) is 30.5. The molecule has 2 aromatic rings. The number of nitrogens with one attached hydrogen (secondary N) is 1. The van der Waals surface area contributed by atoms with Crippen LogP contribution in [0.15, 0.2) is 12.4 Å². The van der Waals surface area contributed by atoms with E-state index in [0.29, 0.717) is 35.7 Å². The zero-order valence-corrected chi connectivity index (χ0v) is 18.3. The predicted molar refractivity (Wildman–Crippen MR) is 116 cm³/mol. The molecule has 4 fully saturated rings. The average Bonchev–Trinajstić information content (AvgIpc) is 3.10. The highest BCUT2D eigenvalue weighted by molar-refractivity contribution is 6.01. The van der Waals surface area contributed by atoms with E-state index in [9.17, 15) is 4.79 Å². The molecule has 0 atom stereocenters. The molecule has 1 N–H and O–H groups in total. The Hall–Kier alpha value is -2.57. The molecule has 31 heavy (non-hydrogen) atoms. The number of esters is 1. The number of rotatable bonds is 4. The molecule has 5 aliphatic rings. The van der Waals surface area contributed by atoms with Crippen LogP contribution in [0.1, 0.15) is 54.6 Å². The molecular weight excluding hydrogens is 392 g/mol. The second-order valence-electron chi connectivity index (χ2n) is 10.2.